The van der Waals surface area contributed by atoms with Crippen molar-refractivity contribution in [1.82, 2.24) is 0 Å². The normalized spacial score (nSPS) is 25.4. The highest BCUT2D eigenvalue weighted by Gasteiger charge is 2.40. The monoisotopic (exact) mass is 372 g/mol. The van der Waals surface area contributed by atoms with E-state index in [2.05, 4.69) is 0 Å². The number of aliphatic hydroxyl groups is 3. The average molecular weight is 373 g/mol. The first-order chi connectivity index (χ1) is 12.3. The number of hydrogen-bond donors (Lipinski definition) is 4. The van der Waals surface area contributed by atoms with Gasteiger partial charge in [-0.1, -0.05) is 19.3 Å². The number of carboxylic acid groups (broad SMARTS) is 1. The minimum Gasteiger partial charge on any atom is -0.481 e. The van der Waals surface area contributed by atoms with Crippen LogP contribution in [0.15, 0.2) is 0 Å². The second-order valence-corrected chi connectivity index (χ2v) is 7.87. The van der Waals surface area contributed by atoms with Gasteiger partial charge in [-0.15, -0.1) is 0 Å². The minimum absolute atomic E-state index is 0.0760. The van der Waals surface area contributed by atoms with E-state index in [1.807, 2.05) is 0 Å². The van der Waals surface area contributed by atoms with Crippen LogP contribution in [0.5, 0.6) is 0 Å². The summed E-state index contributed by atoms with van der Waals surface area (Å²) in [6.07, 6.45) is 6.32. The van der Waals surface area contributed by atoms with Crippen molar-refractivity contribution in [3.63, 3.8) is 0 Å². The molecule has 6 nitrogen and oxygen atoms in total. The molecular formula is C20H36O6. The Morgan fingerprint density at radius 3 is 2.38 bits per heavy atom. The van der Waals surface area contributed by atoms with Gasteiger partial charge in [0, 0.05) is 18.8 Å². The van der Waals surface area contributed by atoms with Crippen molar-refractivity contribution in [1.29, 1.82) is 0 Å². The molecule has 0 saturated heterocycles. The number of carboxylic acids is 1. The van der Waals surface area contributed by atoms with Gasteiger partial charge in [0.2, 0.25) is 0 Å². The van der Waals surface area contributed by atoms with Gasteiger partial charge in [0.1, 0.15) is 5.78 Å². The van der Waals surface area contributed by atoms with Crippen molar-refractivity contribution < 1.29 is 30.0 Å². The smallest absolute Gasteiger partial charge is 0.303 e. The maximum absolute atomic E-state index is 12.2. The molecule has 0 radical (unpaired) electrons. The summed E-state index contributed by atoms with van der Waals surface area (Å²) in [5.41, 5.74) is 0. The van der Waals surface area contributed by atoms with Gasteiger partial charge >= 0.3 is 5.97 Å². The third kappa shape index (κ3) is 9.10. The molecule has 0 aromatic heterocycles. The van der Waals surface area contributed by atoms with Crippen molar-refractivity contribution in [2.75, 3.05) is 0 Å². The SMILES string of the molecule is C[C@H](O)CCC[C@@H](O)CC[C@H]1[C@H](O)CC(=O)[C@@H]1CCCCCCC(=O)O. The number of unbranched alkanes of at least 4 members (excludes halogenated alkanes) is 3. The molecule has 0 bridgehead atoms. The molecule has 4 N–H and O–H groups in total. The number of carbonyl (C=O) groups is 2. The van der Waals surface area contributed by atoms with Crippen molar-refractivity contribution in [3.8, 4) is 0 Å². The predicted molar refractivity (Wildman–Crippen MR) is 98.7 cm³/mol. The molecular weight excluding hydrogens is 336 g/mol. The molecule has 26 heavy (non-hydrogen) atoms. The first-order valence-electron chi connectivity index (χ1n) is 10.1. The molecule has 1 rings (SSSR count). The lowest BCUT2D eigenvalue weighted by Crippen LogP contribution is -2.22. The van der Waals surface area contributed by atoms with Crippen LogP contribution in [0.4, 0.5) is 0 Å². The fourth-order valence-electron chi connectivity index (χ4n) is 3.96. The second kappa shape index (κ2) is 12.4. The lowest BCUT2D eigenvalue weighted by atomic mass is 9.85. The van der Waals surface area contributed by atoms with Crippen LogP contribution in [0.2, 0.25) is 0 Å². The molecule has 0 aliphatic heterocycles. The van der Waals surface area contributed by atoms with Crippen LogP contribution in [-0.4, -0.2) is 50.5 Å². The van der Waals surface area contributed by atoms with E-state index >= 15 is 0 Å². The van der Waals surface area contributed by atoms with E-state index in [1.54, 1.807) is 6.92 Å². The average Bonchev–Trinajstić information content (AvgIpc) is 2.81. The Hall–Kier alpha value is -0.980. The number of rotatable bonds is 14. The number of carbonyl (C=O) groups excluding carboxylic acids is 1. The van der Waals surface area contributed by atoms with Crippen LogP contribution in [0.3, 0.4) is 0 Å². The summed E-state index contributed by atoms with van der Waals surface area (Å²) in [6, 6.07) is 0. The Labute approximate surface area is 156 Å². The highest BCUT2D eigenvalue weighted by Crippen LogP contribution is 2.36. The second-order valence-electron chi connectivity index (χ2n) is 7.87. The van der Waals surface area contributed by atoms with Gasteiger partial charge < -0.3 is 20.4 Å². The fourth-order valence-corrected chi connectivity index (χ4v) is 3.96. The fraction of sp³-hybridized carbons (Fsp3) is 0.900. The molecule has 5 atom stereocenters. The molecule has 0 aromatic carbocycles. The Balaban J connectivity index is 2.30. The molecule has 0 spiro atoms. The molecule has 6 heteroatoms. The topological polar surface area (TPSA) is 115 Å². The van der Waals surface area contributed by atoms with Crippen LogP contribution >= 0.6 is 0 Å². The Bertz CT molecular complexity index is 423. The van der Waals surface area contributed by atoms with Crippen LogP contribution in [-0.2, 0) is 9.59 Å². The standard InChI is InChI=1S/C20H36O6/c1-14(21)7-6-8-15(22)11-12-17-16(18(23)13-19(17)24)9-4-2-3-5-10-20(25)26/h14-17,19,21-22,24H,2-13H2,1H3,(H,25,26)/t14-,15+,16+,17+,19+/m0/s1. The van der Waals surface area contributed by atoms with Gasteiger partial charge in [0.15, 0.2) is 0 Å². The number of ketones is 1. The molecule has 1 aliphatic rings. The summed E-state index contributed by atoms with van der Waals surface area (Å²) >= 11 is 0. The lowest BCUT2D eigenvalue weighted by Gasteiger charge is -2.22. The van der Waals surface area contributed by atoms with E-state index < -0.39 is 18.2 Å². The summed E-state index contributed by atoms with van der Waals surface area (Å²) in [5.74, 6) is -0.857. The first kappa shape index (κ1) is 23.1. The van der Waals surface area contributed by atoms with E-state index in [-0.39, 0.29) is 36.6 Å². The van der Waals surface area contributed by atoms with E-state index in [1.165, 1.54) is 0 Å². The van der Waals surface area contributed by atoms with E-state index in [4.69, 9.17) is 5.11 Å². The van der Waals surface area contributed by atoms with Gasteiger partial charge in [-0.2, -0.15) is 0 Å². The number of Topliss-reactive ketones (excluding diaryl/α,β-unsaturated/α-hetero) is 1. The Kier molecular flexibility index (Phi) is 11.0. The maximum Gasteiger partial charge on any atom is 0.303 e. The van der Waals surface area contributed by atoms with Crippen LogP contribution in [0.1, 0.15) is 84.0 Å². The summed E-state index contributed by atoms with van der Waals surface area (Å²) < 4.78 is 0. The van der Waals surface area contributed by atoms with Crippen molar-refractivity contribution in [3.05, 3.63) is 0 Å². The minimum atomic E-state index is -0.772. The molecule has 1 saturated carbocycles. The zero-order valence-corrected chi connectivity index (χ0v) is 16.0. The van der Waals surface area contributed by atoms with Gasteiger partial charge in [-0.3, -0.25) is 9.59 Å². The zero-order valence-electron chi connectivity index (χ0n) is 16.0. The van der Waals surface area contributed by atoms with E-state index in [9.17, 15) is 24.9 Å². The molecule has 1 aliphatic carbocycles. The molecule has 0 unspecified atom stereocenters. The third-order valence-corrected chi connectivity index (χ3v) is 5.48. The largest absolute Gasteiger partial charge is 0.481 e. The molecule has 0 amide bonds. The van der Waals surface area contributed by atoms with Crippen molar-refractivity contribution >= 4 is 11.8 Å². The molecule has 152 valence electrons. The van der Waals surface area contributed by atoms with Gasteiger partial charge in [-0.05, 0) is 57.8 Å². The highest BCUT2D eigenvalue weighted by molar-refractivity contribution is 5.84. The summed E-state index contributed by atoms with van der Waals surface area (Å²) in [6.45, 7) is 1.74. The predicted octanol–water partition coefficient (Wildman–Crippen LogP) is 2.67. The quantitative estimate of drug-likeness (QED) is 0.349. The molecule has 0 heterocycles. The Morgan fingerprint density at radius 2 is 1.73 bits per heavy atom. The van der Waals surface area contributed by atoms with Crippen LogP contribution in [0.25, 0.3) is 0 Å². The van der Waals surface area contributed by atoms with Crippen molar-refractivity contribution in [2.24, 2.45) is 11.8 Å². The maximum atomic E-state index is 12.2. The molecule has 1 fully saturated rings. The van der Waals surface area contributed by atoms with E-state index in [0.717, 1.165) is 32.1 Å². The summed E-state index contributed by atoms with van der Waals surface area (Å²) in [7, 11) is 0. The first-order valence-corrected chi connectivity index (χ1v) is 10.1. The summed E-state index contributed by atoms with van der Waals surface area (Å²) in [4.78, 5) is 22.7. The summed E-state index contributed by atoms with van der Waals surface area (Å²) in [5, 5.41) is 38.1. The lowest BCUT2D eigenvalue weighted by molar-refractivity contribution is -0.137. The van der Waals surface area contributed by atoms with E-state index in [0.29, 0.717) is 32.1 Å². The number of aliphatic hydroxyl groups excluding tert-OH is 3. The zero-order chi connectivity index (χ0) is 19.5. The highest BCUT2D eigenvalue weighted by atomic mass is 16.4. The van der Waals surface area contributed by atoms with Gasteiger partial charge in [-0.25, -0.2) is 0 Å². The number of hydrogen-bond acceptors (Lipinski definition) is 5. The van der Waals surface area contributed by atoms with Crippen LogP contribution < -0.4 is 0 Å². The van der Waals surface area contributed by atoms with Crippen LogP contribution in [0, 0.1) is 11.8 Å². The van der Waals surface area contributed by atoms with Crippen molar-refractivity contribution in [2.45, 2.75) is 102 Å². The Morgan fingerprint density at radius 1 is 1.04 bits per heavy atom. The number of aliphatic carboxylic acids is 1. The molecule has 0 aromatic rings. The van der Waals surface area contributed by atoms with Gasteiger partial charge in [0.25, 0.3) is 0 Å². The van der Waals surface area contributed by atoms with Gasteiger partial charge in [0.05, 0.1) is 18.3 Å². The third-order valence-electron chi connectivity index (χ3n) is 5.48.